The van der Waals surface area contributed by atoms with Crippen LogP contribution in [0.1, 0.15) is 17.4 Å². The average molecular weight is 344 g/mol. The van der Waals surface area contributed by atoms with E-state index in [1.54, 1.807) is 0 Å². The Morgan fingerprint density at radius 3 is 2.39 bits per heavy atom. The topological polar surface area (TPSA) is 48.6 Å². The molecule has 1 aromatic heterocycles. The van der Waals surface area contributed by atoms with Crippen LogP contribution < -0.4 is 5.69 Å². The van der Waals surface area contributed by atoms with E-state index in [1.807, 2.05) is 0 Å². The molecule has 18 heavy (non-hydrogen) atoms. The van der Waals surface area contributed by atoms with Gasteiger partial charge in [-0.25, -0.2) is 4.79 Å². The summed E-state index contributed by atoms with van der Waals surface area (Å²) in [5, 5.41) is -1.21. The SMILES string of the molecule is O=c1[nH]c2cc(Br)c(C(Cl)CC(F)(F)F)cc2[nH]1. The van der Waals surface area contributed by atoms with Gasteiger partial charge >= 0.3 is 11.9 Å². The second kappa shape index (κ2) is 4.62. The molecule has 8 heteroatoms. The van der Waals surface area contributed by atoms with Crippen LogP contribution in [0.3, 0.4) is 0 Å². The van der Waals surface area contributed by atoms with Crippen molar-refractivity contribution in [1.29, 1.82) is 0 Å². The number of aromatic nitrogens is 2. The molecule has 0 saturated carbocycles. The van der Waals surface area contributed by atoms with E-state index in [2.05, 4.69) is 25.9 Å². The number of hydrogen-bond donors (Lipinski definition) is 2. The largest absolute Gasteiger partial charge is 0.390 e. The zero-order chi connectivity index (χ0) is 13.5. The molecule has 1 heterocycles. The molecule has 0 aliphatic rings. The van der Waals surface area contributed by atoms with Crippen LogP contribution >= 0.6 is 27.5 Å². The second-order valence-corrected chi connectivity index (χ2v) is 5.17. The van der Waals surface area contributed by atoms with Crippen LogP contribution in [0, 0.1) is 0 Å². The summed E-state index contributed by atoms with van der Waals surface area (Å²) in [7, 11) is 0. The molecular weight excluding hydrogens is 336 g/mol. The Morgan fingerprint density at radius 1 is 1.28 bits per heavy atom. The highest BCUT2D eigenvalue weighted by Crippen LogP contribution is 2.38. The van der Waals surface area contributed by atoms with Gasteiger partial charge in [-0.05, 0) is 17.7 Å². The van der Waals surface area contributed by atoms with Gasteiger partial charge in [0.1, 0.15) is 0 Å². The zero-order valence-corrected chi connectivity index (χ0v) is 11.1. The van der Waals surface area contributed by atoms with Gasteiger partial charge in [-0.2, -0.15) is 13.2 Å². The molecule has 0 saturated heterocycles. The molecule has 1 unspecified atom stereocenters. The standard InChI is InChI=1S/C10H7BrClF3N2O/c11-5-2-8-7(16-9(18)17-8)1-4(5)6(12)3-10(13,14)15/h1-2,6H,3H2,(H2,16,17,18). The Labute approximate surface area is 112 Å². The van der Waals surface area contributed by atoms with E-state index in [0.717, 1.165) is 0 Å². The first-order valence-electron chi connectivity index (χ1n) is 4.88. The number of imidazole rings is 1. The number of hydrogen-bond acceptors (Lipinski definition) is 1. The summed E-state index contributed by atoms with van der Waals surface area (Å²) in [5.41, 5.74) is 0.797. The Hall–Kier alpha value is -0.950. The molecule has 3 nitrogen and oxygen atoms in total. The van der Waals surface area contributed by atoms with E-state index in [-0.39, 0.29) is 5.56 Å². The number of H-pyrrole nitrogens is 2. The first-order chi connectivity index (χ1) is 8.26. The van der Waals surface area contributed by atoms with Crippen molar-refractivity contribution >= 4 is 38.6 Å². The van der Waals surface area contributed by atoms with Crippen LogP contribution in [-0.4, -0.2) is 16.1 Å². The maximum atomic E-state index is 12.3. The molecular formula is C10H7BrClF3N2O. The van der Waals surface area contributed by atoms with Gasteiger partial charge in [0.05, 0.1) is 22.8 Å². The van der Waals surface area contributed by atoms with Crippen LogP contribution in [0.15, 0.2) is 21.4 Å². The highest BCUT2D eigenvalue weighted by atomic mass is 79.9. The minimum absolute atomic E-state index is 0.289. The van der Waals surface area contributed by atoms with E-state index >= 15 is 0 Å². The number of rotatable bonds is 2. The minimum Gasteiger partial charge on any atom is -0.306 e. The van der Waals surface area contributed by atoms with Gasteiger partial charge < -0.3 is 9.97 Å². The molecule has 0 spiro atoms. The van der Waals surface area contributed by atoms with Gasteiger partial charge in [-0.1, -0.05) is 15.9 Å². The fraction of sp³-hybridized carbons (Fsp3) is 0.300. The minimum atomic E-state index is -4.34. The monoisotopic (exact) mass is 342 g/mol. The van der Waals surface area contributed by atoms with Gasteiger partial charge in [0.25, 0.3) is 0 Å². The number of alkyl halides is 4. The van der Waals surface area contributed by atoms with Gasteiger partial charge in [0.2, 0.25) is 0 Å². The van der Waals surface area contributed by atoms with Crippen LogP contribution in [0.5, 0.6) is 0 Å². The Bertz CT molecular complexity index is 634. The normalized spacial score (nSPS) is 14.1. The highest BCUT2D eigenvalue weighted by molar-refractivity contribution is 9.10. The van der Waals surface area contributed by atoms with E-state index < -0.39 is 23.7 Å². The maximum absolute atomic E-state index is 12.3. The fourth-order valence-electron chi connectivity index (χ4n) is 1.63. The van der Waals surface area contributed by atoms with Gasteiger partial charge in [0.15, 0.2) is 0 Å². The lowest BCUT2D eigenvalue weighted by Gasteiger charge is -2.14. The molecule has 0 fully saturated rings. The molecule has 2 aromatic rings. The number of benzene rings is 1. The predicted molar refractivity (Wildman–Crippen MR) is 65.9 cm³/mol. The molecule has 0 bridgehead atoms. The summed E-state index contributed by atoms with van der Waals surface area (Å²) in [6.07, 6.45) is -5.47. The summed E-state index contributed by atoms with van der Waals surface area (Å²) in [4.78, 5) is 16.0. The Kier molecular flexibility index (Phi) is 3.46. The highest BCUT2D eigenvalue weighted by Gasteiger charge is 2.32. The Balaban J connectivity index is 2.44. The van der Waals surface area contributed by atoms with Gasteiger partial charge in [-0.3, -0.25) is 0 Å². The van der Waals surface area contributed by atoms with Crippen molar-refractivity contribution < 1.29 is 13.2 Å². The summed E-state index contributed by atoms with van der Waals surface area (Å²) in [6, 6.07) is 2.95. The third-order valence-corrected chi connectivity index (χ3v) is 3.46. The van der Waals surface area contributed by atoms with Crippen LogP contribution in [0.2, 0.25) is 0 Å². The molecule has 0 amide bonds. The van der Waals surface area contributed by atoms with E-state index in [4.69, 9.17) is 11.6 Å². The number of aromatic amines is 2. The van der Waals surface area contributed by atoms with Crippen LogP contribution in [0.25, 0.3) is 11.0 Å². The first kappa shape index (κ1) is 13.5. The fourth-order valence-corrected chi connectivity index (χ4v) is 2.73. The smallest absolute Gasteiger partial charge is 0.306 e. The first-order valence-corrected chi connectivity index (χ1v) is 6.11. The third kappa shape index (κ3) is 2.89. The van der Waals surface area contributed by atoms with Crippen molar-refractivity contribution in [1.82, 2.24) is 9.97 Å². The lowest BCUT2D eigenvalue weighted by atomic mass is 10.1. The molecule has 2 rings (SSSR count). The molecule has 0 radical (unpaired) electrons. The lowest BCUT2D eigenvalue weighted by molar-refractivity contribution is -0.134. The van der Waals surface area contributed by atoms with Gasteiger partial charge in [0, 0.05) is 4.47 Å². The van der Waals surface area contributed by atoms with Crippen molar-refractivity contribution in [3.8, 4) is 0 Å². The lowest BCUT2D eigenvalue weighted by Crippen LogP contribution is -2.11. The quantitative estimate of drug-likeness (QED) is 0.800. The average Bonchev–Trinajstić information content (AvgIpc) is 2.53. The molecule has 1 atom stereocenters. The summed E-state index contributed by atoms with van der Waals surface area (Å²) in [5.74, 6) is 0. The number of fused-ring (bicyclic) bond motifs is 1. The van der Waals surface area contributed by atoms with Gasteiger partial charge in [-0.15, -0.1) is 11.6 Å². The predicted octanol–water partition coefficient (Wildman–Crippen LogP) is 3.85. The molecule has 0 aliphatic carbocycles. The van der Waals surface area contributed by atoms with E-state index in [1.165, 1.54) is 12.1 Å². The molecule has 1 aromatic carbocycles. The zero-order valence-electron chi connectivity index (χ0n) is 8.74. The van der Waals surface area contributed by atoms with Crippen molar-refractivity contribution in [3.63, 3.8) is 0 Å². The van der Waals surface area contributed by atoms with Crippen molar-refractivity contribution in [2.24, 2.45) is 0 Å². The van der Waals surface area contributed by atoms with Crippen molar-refractivity contribution in [2.75, 3.05) is 0 Å². The number of halogens is 5. The molecule has 0 aliphatic heterocycles. The summed E-state index contributed by atoms with van der Waals surface area (Å²) >= 11 is 8.90. The van der Waals surface area contributed by atoms with E-state index in [9.17, 15) is 18.0 Å². The maximum Gasteiger partial charge on any atom is 0.390 e. The van der Waals surface area contributed by atoms with Crippen molar-refractivity contribution in [3.05, 3.63) is 32.7 Å². The molecule has 2 N–H and O–H groups in total. The second-order valence-electron chi connectivity index (χ2n) is 3.79. The third-order valence-electron chi connectivity index (χ3n) is 2.38. The number of nitrogens with one attached hydrogen (secondary N) is 2. The van der Waals surface area contributed by atoms with Crippen LogP contribution in [0.4, 0.5) is 13.2 Å². The van der Waals surface area contributed by atoms with Crippen LogP contribution in [-0.2, 0) is 0 Å². The summed E-state index contributed by atoms with van der Waals surface area (Å²) in [6.45, 7) is 0. The summed E-state index contributed by atoms with van der Waals surface area (Å²) < 4.78 is 37.3. The Morgan fingerprint density at radius 2 is 1.83 bits per heavy atom. The molecule has 98 valence electrons. The van der Waals surface area contributed by atoms with Crippen molar-refractivity contribution in [2.45, 2.75) is 18.0 Å². The van der Waals surface area contributed by atoms with E-state index in [0.29, 0.717) is 15.5 Å².